The van der Waals surface area contributed by atoms with Gasteiger partial charge in [0, 0.05) is 36.7 Å². The molecule has 1 aliphatic heterocycles. The first kappa shape index (κ1) is 25.3. The fraction of sp³-hybridized carbons (Fsp3) is 0.312. The molecule has 0 radical (unpaired) electrons. The van der Waals surface area contributed by atoms with Crippen LogP contribution in [0.1, 0.15) is 60.1 Å². The number of hydrogen-bond donors (Lipinski definition) is 1. The van der Waals surface area contributed by atoms with Crippen LogP contribution in [0.5, 0.6) is 5.75 Å². The second-order valence-electron chi connectivity index (χ2n) is 10.9. The lowest BCUT2D eigenvalue weighted by atomic mass is 9.80. The SMILES string of the molecule is CCOC(=O)c1nccn1C[C@H]1C[C@@H](n2cc(-c3ccc4c(c3)O[C@@H](c3ccccc3)CC4)c3c(N)ncnc32)C1. The molecule has 3 aromatic heterocycles. The molecule has 9 heteroatoms. The van der Waals surface area contributed by atoms with Crippen LogP contribution in [-0.2, 0) is 17.7 Å². The molecule has 4 heterocycles. The third kappa shape index (κ3) is 4.61. The molecule has 208 valence electrons. The molecule has 9 nitrogen and oxygen atoms in total. The highest BCUT2D eigenvalue weighted by Crippen LogP contribution is 2.45. The topological polar surface area (TPSA) is 110 Å². The van der Waals surface area contributed by atoms with Gasteiger partial charge in [0.1, 0.15) is 29.6 Å². The van der Waals surface area contributed by atoms with Crippen molar-refractivity contribution in [3.05, 3.63) is 90.4 Å². The predicted octanol–water partition coefficient (Wildman–Crippen LogP) is 5.77. The fourth-order valence-corrected chi connectivity index (χ4v) is 6.24. The van der Waals surface area contributed by atoms with Gasteiger partial charge in [-0.3, -0.25) is 0 Å². The monoisotopic (exact) mass is 548 g/mol. The number of carbonyl (C=O) groups is 1. The van der Waals surface area contributed by atoms with E-state index in [2.05, 4.69) is 68.2 Å². The second kappa shape index (κ2) is 10.4. The number of fused-ring (bicyclic) bond motifs is 2. The fourth-order valence-electron chi connectivity index (χ4n) is 6.24. The Kier molecular flexibility index (Phi) is 6.41. The zero-order chi connectivity index (χ0) is 27.9. The molecule has 1 saturated carbocycles. The molecular weight excluding hydrogens is 516 g/mol. The highest BCUT2D eigenvalue weighted by Gasteiger charge is 2.34. The van der Waals surface area contributed by atoms with Gasteiger partial charge in [0.25, 0.3) is 0 Å². The van der Waals surface area contributed by atoms with E-state index in [4.69, 9.17) is 15.2 Å². The van der Waals surface area contributed by atoms with Gasteiger partial charge in [-0.2, -0.15) is 0 Å². The maximum atomic E-state index is 12.3. The number of esters is 1. The van der Waals surface area contributed by atoms with Crippen molar-refractivity contribution in [1.82, 2.24) is 24.1 Å². The van der Waals surface area contributed by atoms with Gasteiger partial charge in [0.15, 0.2) is 0 Å². The average Bonchev–Trinajstić information content (AvgIpc) is 3.60. The zero-order valence-corrected chi connectivity index (χ0v) is 22.9. The van der Waals surface area contributed by atoms with E-state index in [1.165, 1.54) is 17.5 Å². The lowest BCUT2D eigenvalue weighted by molar-refractivity contribution is 0.0502. The Morgan fingerprint density at radius 2 is 1.98 bits per heavy atom. The van der Waals surface area contributed by atoms with Crippen LogP contribution in [-0.4, -0.2) is 36.7 Å². The Balaban J connectivity index is 1.15. The highest BCUT2D eigenvalue weighted by molar-refractivity contribution is 6.01. The van der Waals surface area contributed by atoms with E-state index in [0.29, 0.717) is 24.2 Å². The average molecular weight is 549 g/mol. The number of nitrogens with two attached hydrogens (primary N) is 1. The highest BCUT2D eigenvalue weighted by atomic mass is 16.5. The second-order valence-corrected chi connectivity index (χ2v) is 10.9. The summed E-state index contributed by atoms with van der Waals surface area (Å²) in [4.78, 5) is 25.4. The molecule has 0 bridgehead atoms. The third-order valence-corrected chi connectivity index (χ3v) is 8.37. The number of hydrogen-bond acceptors (Lipinski definition) is 7. The Hall–Kier alpha value is -4.66. The van der Waals surface area contributed by atoms with Crippen LogP contribution < -0.4 is 10.5 Å². The van der Waals surface area contributed by atoms with E-state index in [9.17, 15) is 4.79 Å². The van der Waals surface area contributed by atoms with E-state index in [1.807, 2.05) is 16.8 Å². The van der Waals surface area contributed by atoms with E-state index in [1.54, 1.807) is 13.1 Å². The Morgan fingerprint density at radius 1 is 1.12 bits per heavy atom. The van der Waals surface area contributed by atoms with Crippen LogP contribution in [0.3, 0.4) is 0 Å². The number of nitrogens with zero attached hydrogens (tertiary/aromatic N) is 5. The minimum absolute atomic E-state index is 0.0421. The quantitative estimate of drug-likeness (QED) is 0.257. The van der Waals surface area contributed by atoms with Gasteiger partial charge in [0.05, 0.1) is 12.0 Å². The van der Waals surface area contributed by atoms with Gasteiger partial charge in [-0.25, -0.2) is 19.7 Å². The van der Waals surface area contributed by atoms with Crippen molar-refractivity contribution in [3.8, 4) is 16.9 Å². The van der Waals surface area contributed by atoms with Crippen molar-refractivity contribution in [2.75, 3.05) is 12.3 Å². The molecule has 0 saturated heterocycles. The van der Waals surface area contributed by atoms with Crippen LogP contribution >= 0.6 is 0 Å². The Bertz CT molecular complexity index is 1720. The molecule has 7 rings (SSSR count). The van der Waals surface area contributed by atoms with Gasteiger partial charge < -0.3 is 24.3 Å². The number of nitrogen functional groups attached to an aromatic ring is 1. The molecule has 0 spiro atoms. The molecular formula is C32H32N6O3. The number of carbonyl (C=O) groups excluding carboxylic acids is 1. The lowest BCUT2D eigenvalue weighted by Gasteiger charge is -2.37. The smallest absolute Gasteiger partial charge is 0.374 e. The van der Waals surface area contributed by atoms with Crippen molar-refractivity contribution < 1.29 is 14.3 Å². The van der Waals surface area contributed by atoms with Gasteiger partial charge >= 0.3 is 5.97 Å². The predicted molar refractivity (Wildman–Crippen MR) is 155 cm³/mol. The number of aromatic nitrogens is 5. The minimum atomic E-state index is -0.384. The number of ether oxygens (including phenoxy) is 2. The van der Waals surface area contributed by atoms with Crippen molar-refractivity contribution in [2.24, 2.45) is 5.92 Å². The molecule has 2 aliphatic rings. The summed E-state index contributed by atoms with van der Waals surface area (Å²) in [6, 6.07) is 17.1. The molecule has 2 N–H and O–H groups in total. The number of benzene rings is 2. The van der Waals surface area contributed by atoms with E-state index in [0.717, 1.165) is 60.1 Å². The normalized spacial score (nSPS) is 19.8. The minimum Gasteiger partial charge on any atom is -0.485 e. The van der Waals surface area contributed by atoms with Crippen LogP contribution in [0, 0.1) is 5.92 Å². The largest absolute Gasteiger partial charge is 0.485 e. The summed E-state index contributed by atoms with van der Waals surface area (Å²) < 4.78 is 15.8. The van der Waals surface area contributed by atoms with Crippen LogP contribution in [0.2, 0.25) is 0 Å². The molecule has 1 atom stereocenters. The molecule has 1 aliphatic carbocycles. The van der Waals surface area contributed by atoms with Crippen LogP contribution in [0.15, 0.2) is 73.4 Å². The molecule has 2 aromatic carbocycles. The first-order valence-corrected chi connectivity index (χ1v) is 14.2. The zero-order valence-electron chi connectivity index (χ0n) is 22.9. The Morgan fingerprint density at radius 3 is 2.80 bits per heavy atom. The summed E-state index contributed by atoms with van der Waals surface area (Å²) in [5.41, 5.74) is 11.7. The summed E-state index contributed by atoms with van der Waals surface area (Å²) in [6.07, 6.45) is 11.1. The van der Waals surface area contributed by atoms with Gasteiger partial charge in [-0.15, -0.1) is 0 Å². The van der Waals surface area contributed by atoms with E-state index in [-0.39, 0.29) is 18.1 Å². The van der Waals surface area contributed by atoms with Crippen molar-refractivity contribution in [2.45, 2.75) is 51.3 Å². The van der Waals surface area contributed by atoms with Crippen molar-refractivity contribution in [1.29, 1.82) is 0 Å². The molecule has 41 heavy (non-hydrogen) atoms. The summed E-state index contributed by atoms with van der Waals surface area (Å²) >= 11 is 0. The van der Waals surface area contributed by atoms with Crippen LogP contribution in [0.4, 0.5) is 5.82 Å². The van der Waals surface area contributed by atoms with Gasteiger partial charge in [-0.05, 0) is 61.3 Å². The summed E-state index contributed by atoms with van der Waals surface area (Å²) in [5, 5.41) is 0.866. The number of imidazole rings is 1. The molecule has 0 amide bonds. The Labute approximate surface area is 238 Å². The summed E-state index contributed by atoms with van der Waals surface area (Å²) in [7, 11) is 0. The van der Waals surface area contributed by atoms with Crippen LogP contribution in [0.25, 0.3) is 22.2 Å². The standard InChI is InChI=1S/C32H32N6O3/c1-2-40-32(39)31-34-12-13-37(31)17-20-14-24(15-20)38-18-25(28-29(33)35-19-36-30(28)38)23-9-8-22-10-11-26(41-27(22)16-23)21-6-4-3-5-7-21/h3-9,12-13,16,18-20,24,26H,2,10-11,14-15,17H2,1H3,(H2,33,35,36)/t20-,24+,26-/m1/s1. The first-order valence-electron chi connectivity index (χ1n) is 14.2. The number of rotatable bonds is 7. The maximum absolute atomic E-state index is 12.3. The van der Waals surface area contributed by atoms with Gasteiger partial charge in [-0.1, -0.05) is 42.5 Å². The first-order chi connectivity index (χ1) is 20.1. The number of aryl methyl sites for hydroxylation is 1. The molecule has 5 aromatic rings. The molecule has 0 unspecified atom stereocenters. The summed E-state index contributed by atoms with van der Waals surface area (Å²) in [6.45, 7) is 2.85. The lowest BCUT2D eigenvalue weighted by Crippen LogP contribution is -2.30. The maximum Gasteiger partial charge on any atom is 0.374 e. The summed E-state index contributed by atoms with van der Waals surface area (Å²) in [5.74, 6) is 1.77. The molecule has 1 fully saturated rings. The third-order valence-electron chi connectivity index (χ3n) is 8.37. The van der Waals surface area contributed by atoms with Crippen molar-refractivity contribution >= 4 is 22.8 Å². The number of anilines is 1. The van der Waals surface area contributed by atoms with E-state index >= 15 is 0 Å². The van der Waals surface area contributed by atoms with E-state index < -0.39 is 0 Å². The van der Waals surface area contributed by atoms with Gasteiger partial charge in [0.2, 0.25) is 5.82 Å². The van der Waals surface area contributed by atoms with Crippen molar-refractivity contribution in [3.63, 3.8) is 0 Å².